The van der Waals surface area contributed by atoms with E-state index in [1.807, 2.05) is 4.90 Å². The molecule has 25 heavy (non-hydrogen) atoms. The van der Waals surface area contributed by atoms with Crippen LogP contribution in [-0.2, 0) is 22.6 Å². The molecular formula is C17H19FN4O3. The van der Waals surface area contributed by atoms with E-state index in [0.29, 0.717) is 37.4 Å². The number of carbonyl (C=O) groups is 2. The molecule has 8 heteroatoms. The molecule has 3 rings (SSSR count). The molecule has 1 aliphatic heterocycles. The van der Waals surface area contributed by atoms with Gasteiger partial charge in [-0.1, -0.05) is 12.1 Å². The van der Waals surface area contributed by atoms with Crippen LogP contribution in [0.2, 0.25) is 0 Å². The molecule has 0 unspecified atom stereocenters. The van der Waals surface area contributed by atoms with Gasteiger partial charge in [0.05, 0.1) is 19.9 Å². The number of halogens is 1. The fraction of sp³-hybridized carbons (Fsp3) is 0.353. The fourth-order valence-electron chi connectivity index (χ4n) is 2.87. The lowest BCUT2D eigenvalue weighted by Crippen LogP contribution is -2.49. The van der Waals surface area contributed by atoms with E-state index in [4.69, 9.17) is 4.74 Å². The minimum Gasteiger partial charge on any atom is -0.464 e. The number of hydrogen-bond acceptors (Lipinski definition) is 5. The van der Waals surface area contributed by atoms with Crippen molar-refractivity contribution in [3.05, 3.63) is 53.1 Å². The maximum absolute atomic E-state index is 13.3. The maximum Gasteiger partial charge on any atom is 0.356 e. The van der Waals surface area contributed by atoms with Gasteiger partial charge in [-0.15, -0.1) is 0 Å². The Morgan fingerprint density at radius 2 is 2.20 bits per heavy atom. The molecule has 0 bridgehead atoms. The summed E-state index contributed by atoms with van der Waals surface area (Å²) in [5.74, 6) is -0.818. The van der Waals surface area contributed by atoms with Gasteiger partial charge in [-0.2, -0.15) is 5.10 Å². The second kappa shape index (κ2) is 7.43. The SMILES string of the molecule is COC(=O)c1[nH]ncc1CN1CCN(Cc2cccc(F)c2)C(=O)C1. The van der Waals surface area contributed by atoms with Crippen LogP contribution in [0.15, 0.2) is 30.5 Å². The molecule has 1 aromatic heterocycles. The fourth-order valence-corrected chi connectivity index (χ4v) is 2.87. The van der Waals surface area contributed by atoms with Crippen molar-refractivity contribution in [3.8, 4) is 0 Å². The molecule has 2 aromatic rings. The van der Waals surface area contributed by atoms with E-state index in [1.54, 1.807) is 23.2 Å². The number of aromatic amines is 1. The Balaban J connectivity index is 1.60. The minimum absolute atomic E-state index is 0.0291. The molecule has 1 fully saturated rings. The Morgan fingerprint density at radius 1 is 1.36 bits per heavy atom. The summed E-state index contributed by atoms with van der Waals surface area (Å²) < 4.78 is 18.0. The van der Waals surface area contributed by atoms with Crippen LogP contribution in [0, 0.1) is 5.82 Å². The van der Waals surface area contributed by atoms with Crippen molar-refractivity contribution < 1.29 is 18.7 Å². The van der Waals surface area contributed by atoms with Crippen molar-refractivity contribution in [1.82, 2.24) is 20.0 Å². The third-order valence-corrected chi connectivity index (χ3v) is 4.16. The molecule has 1 amide bonds. The standard InChI is InChI=1S/C17H19FN4O3/c1-25-17(24)16-13(8-19-20-16)10-21-5-6-22(15(23)11-21)9-12-3-2-4-14(18)7-12/h2-4,7-8H,5-6,9-11H2,1H3,(H,19,20). The monoisotopic (exact) mass is 346 g/mol. The molecule has 0 aliphatic carbocycles. The predicted molar refractivity (Wildman–Crippen MR) is 87.0 cm³/mol. The number of amides is 1. The zero-order chi connectivity index (χ0) is 17.8. The number of esters is 1. The van der Waals surface area contributed by atoms with E-state index < -0.39 is 5.97 Å². The number of rotatable bonds is 5. The first-order valence-electron chi connectivity index (χ1n) is 7.92. The normalized spacial score (nSPS) is 15.4. The van der Waals surface area contributed by atoms with Crippen molar-refractivity contribution in [1.29, 1.82) is 0 Å². The van der Waals surface area contributed by atoms with Gasteiger partial charge in [0.2, 0.25) is 5.91 Å². The number of hydrogen-bond donors (Lipinski definition) is 1. The number of carbonyl (C=O) groups excluding carboxylic acids is 2. The molecule has 1 aromatic carbocycles. The number of ether oxygens (including phenoxy) is 1. The Bertz CT molecular complexity index is 777. The summed E-state index contributed by atoms with van der Waals surface area (Å²) in [7, 11) is 1.31. The molecule has 132 valence electrons. The van der Waals surface area contributed by atoms with Crippen molar-refractivity contribution in [2.45, 2.75) is 13.1 Å². The topological polar surface area (TPSA) is 78.5 Å². The van der Waals surface area contributed by atoms with Gasteiger partial charge in [0.15, 0.2) is 0 Å². The highest BCUT2D eigenvalue weighted by molar-refractivity contribution is 5.88. The molecule has 0 saturated carbocycles. The van der Waals surface area contributed by atoms with E-state index in [0.717, 1.165) is 5.56 Å². The van der Waals surface area contributed by atoms with Gasteiger partial charge in [-0.3, -0.25) is 14.8 Å². The van der Waals surface area contributed by atoms with Crippen LogP contribution < -0.4 is 0 Å². The first kappa shape index (κ1) is 17.1. The number of nitrogens with zero attached hydrogens (tertiary/aromatic N) is 3. The number of nitrogens with one attached hydrogen (secondary N) is 1. The highest BCUT2D eigenvalue weighted by Crippen LogP contribution is 2.15. The Hall–Kier alpha value is -2.74. The molecule has 1 N–H and O–H groups in total. The van der Waals surface area contributed by atoms with E-state index in [-0.39, 0.29) is 18.3 Å². The molecule has 0 spiro atoms. The Labute approximate surface area is 144 Å². The minimum atomic E-state index is -0.483. The smallest absolute Gasteiger partial charge is 0.356 e. The number of H-pyrrole nitrogens is 1. The highest BCUT2D eigenvalue weighted by atomic mass is 19.1. The summed E-state index contributed by atoms with van der Waals surface area (Å²) >= 11 is 0. The lowest BCUT2D eigenvalue weighted by molar-refractivity contribution is -0.136. The van der Waals surface area contributed by atoms with Crippen LogP contribution in [-0.4, -0.2) is 58.6 Å². The molecule has 0 radical (unpaired) electrons. The molecular weight excluding hydrogens is 327 g/mol. The van der Waals surface area contributed by atoms with E-state index >= 15 is 0 Å². The summed E-state index contributed by atoms with van der Waals surface area (Å²) in [4.78, 5) is 27.7. The van der Waals surface area contributed by atoms with Crippen LogP contribution in [0.25, 0.3) is 0 Å². The Kier molecular flexibility index (Phi) is 5.08. The van der Waals surface area contributed by atoms with Gasteiger partial charge < -0.3 is 9.64 Å². The van der Waals surface area contributed by atoms with E-state index in [2.05, 4.69) is 10.2 Å². The number of piperazine rings is 1. The van der Waals surface area contributed by atoms with Crippen molar-refractivity contribution >= 4 is 11.9 Å². The molecule has 1 saturated heterocycles. The molecule has 1 aliphatic rings. The predicted octanol–water partition coefficient (Wildman–Crippen LogP) is 1.18. The van der Waals surface area contributed by atoms with Crippen LogP contribution in [0.5, 0.6) is 0 Å². The summed E-state index contributed by atoms with van der Waals surface area (Å²) in [5, 5.41) is 6.49. The average molecular weight is 346 g/mol. The second-order valence-corrected chi connectivity index (χ2v) is 5.92. The summed E-state index contributed by atoms with van der Waals surface area (Å²) in [6.07, 6.45) is 1.57. The highest BCUT2D eigenvalue weighted by Gasteiger charge is 2.25. The first-order chi connectivity index (χ1) is 12.1. The molecule has 2 heterocycles. The van der Waals surface area contributed by atoms with Gasteiger partial charge in [-0.25, -0.2) is 9.18 Å². The van der Waals surface area contributed by atoms with Crippen molar-refractivity contribution in [2.24, 2.45) is 0 Å². The lowest BCUT2D eigenvalue weighted by Gasteiger charge is -2.34. The number of methoxy groups -OCH3 is 1. The first-order valence-corrected chi connectivity index (χ1v) is 7.92. The summed E-state index contributed by atoms with van der Waals surface area (Å²) in [6.45, 7) is 2.26. The van der Waals surface area contributed by atoms with Gasteiger partial charge in [0.25, 0.3) is 0 Å². The molecule has 7 nitrogen and oxygen atoms in total. The van der Waals surface area contributed by atoms with Crippen molar-refractivity contribution in [2.75, 3.05) is 26.7 Å². The van der Waals surface area contributed by atoms with Gasteiger partial charge in [-0.05, 0) is 17.7 Å². The number of benzene rings is 1. The van der Waals surface area contributed by atoms with Crippen LogP contribution in [0.4, 0.5) is 4.39 Å². The van der Waals surface area contributed by atoms with Crippen LogP contribution in [0.3, 0.4) is 0 Å². The van der Waals surface area contributed by atoms with E-state index in [1.165, 1.54) is 19.2 Å². The zero-order valence-corrected chi connectivity index (χ0v) is 13.9. The molecule has 0 atom stereocenters. The number of aromatic nitrogens is 2. The second-order valence-electron chi connectivity index (χ2n) is 5.92. The van der Waals surface area contributed by atoms with Crippen LogP contribution in [0.1, 0.15) is 21.6 Å². The summed E-state index contributed by atoms with van der Waals surface area (Å²) in [6, 6.07) is 6.26. The zero-order valence-electron chi connectivity index (χ0n) is 13.9. The van der Waals surface area contributed by atoms with E-state index in [9.17, 15) is 14.0 Å². The maximum atomic E-state index is 13.3. The third kappa shape index (κ3) is 4.03. The van der Waals surface area contributed by atoms with Gasteiger partial charge in [0.1, 0.15) is 11.5 Å². The van der Waals surface area contributed by atoms with Gasteiger partial charge in [0, 0.05) is 31.7 Å². The Morgan fingerprint density at radius 3 is 2.92 bits per heavy atom. The van der Waals surface area contributed by atoms with Crippen molar-refractivity contribution in [3.63, 3.8) is 0 Å². The quantitative estimate of drug-likeness (QED) is 0.823. The lowest BCUT2D eigenvalue weighted by atomic mass is 10.1. The van der Waals surface area contributed by atoms with Crippen LogP contribution >= 0.6 is 0 Å². The van der Waals surface area contributed by atoms with Gasteiger partial charge >= 0.3 is 5.97 Å². The third-order valence-electron chi connectivity index (χ3n) is 4.16. The summed E-state index contributed by atoms with van der Waals surface area (Å²) in [5.41, 5.74) is 1.76. The average Bonchev–Trinajstić information content (AvgIpc) is 3.05. The largest absolute Gasteiger partial charge is 0.464 e.